The van der Waals surface area contributed by atoms with Crippen LogP contribution in [0, 0.1) is 0 Å². The van der Waals surface area contributed by atoms with E-state index in [9.17, 15) is 4.79 Å². The molecule has 2 aliphatic heterocycles. The normalized spacial score (nSPS) is 16.2. The Balaban J connectivity index is 1.26. The highest BCUT2D eigenvalue weighted by Crippen LogP contribution is 2.34. The monoisotopic (exact) mass is 456 g/mol. The second-order valence-corrected chi connectivity index (χ2v) is 8.05. The molecule has 29 heavy (non-hydrogen) atoms. The number of rotatable bonds is 5. The highest BCUT2D eigenvalue weighted by molar-refractivity contribution is 6.43. The molecule has 4 rings (SSSR count). The van der Waals surface area contributed by atoms with Crippen molar-refractivity contribution < 1.29 is 19.0 Å². The molecule has 0 N–H and O–H groups in total. The minimum Gasteiger partial charge on any atom is -0.482 e. The third-order valence-corrected chi connectivity index (χ3v) is 5.91. The maximum atomic E-state index is 12.5. The summed E-state index contributed by atoms with van der Waals surface area (Å²) in [7, 11) is 0. The van der Waals surface area contributed by atoms with E-state index in [1.165, 1.54) is 12.1 Å². The van der Waals surface area contributed by atoms with Gasteiger partial charge in [0, 0.05) is 38.8 Å². The van der Waals surface area contributed by atoms with Crippen molar-refractivity contribution >= 4 is 40.7 Å². The van der Waals surface area contributed by atoms with Crippen LogP contribution in [0.5, 0.6) is 17.2 Å². The van der Waals surface area contributed by atoms with Gasteiger partial charge >= 0.3 is 0 Å². The van der Waals surface area contributed by atoms with Crippen LogP contribution >= 0.6 is 34.8 Å². The topological polar surface area (TPSA) is 51.2 Å². The fraction of sp³-hybridized carbons (Fsp3) is 0.350. The average molecular weight is 458 g/mol. The van der Waals surface area contributed by atoms with Crippen molar-refractivity contribution in [3.8, 4) is 17.2 Å². The number of ether oxygens (including phenoxy) is 3. The summed E-state index contributed by atoms with van der Waals surface area (Å²) in [6.07, 6.45) is 0. The minimum atomic E-state index is -0.0974. The van der Waals surface area contributed by atoms with Gasteiger partial charge in [-0.3, -0.25) is 9.69 Å². The lowest BCUT2D eigenvalue weighted by molar-refractivity contribution is -0.135. The zero-order valence-electron chi connectivity index (χ0n) is 15.5. The van der Waals surface area contributed by atoms with E-state index in [1.807, 2.05) is 18.2 Å². The molecule has 0 radical (unpaired) electrons. The minimum absolute atomic E-state index is 0.0881. The first kappa shape index (κ1) is 20.4. The first-order valence-electron chi connectivity index (χ1n) is 9.15. The molecule has 0 saturated carbocycles. The number of amides is 1. The fourth-order valence-corrected chi connectivity index (χ4v) is 3.89. The van der Waals surface area contributed by atoms with Crippen LogP contribution < -0.4 is 14.2 Å². The second kappa shape index (κ2) is 8.88. The van der Waals surface area contributed by atoms with E-state index in [2.05, 4.69) is 4.90 Å². The Hall–Kier alpha value is -1.86. The Kier molecular flexibility index (Phi) is 6.25. The smallest absolute Gasteiger partial charge is 0.260 e. The van der Waals surface area contributed by atoms with Crippen LogP contribution in [0.4, 0.5) is 0 Å². The van der Waals surface area contributed by atoms with Crippen LogP contribution in [0.1, 0.15) is 5.56 Å². The molecule has 0 spiro atoms. The van der Waals surface area contributed by atoms with Gasteiger partial charge in [-0.25, -0.2) is 0 Å². The summed E-state index contributed by atoms with van der Waals surface area (Å²) in [5.41, 5.74) is 1.16. The molecule has 0 aromatic heterocycles. The standard InChI is InChI=1S/C20H19Cl3N2O4/c21-14-8-16(23)18(9-15(14)22)27-11-20(26)25-5-3-24(4-6-25)10-13-1-2-17-19(7-13)29-12-28-17/h1-2,7-9H,3-6,10-12H2. The van der Waals surface area contributed by atoms with E-state index < -0.39 is 0 Å². The second-order valence-electron chi connectivity index (χ2n) is 6.83. The summed E-state index contributed by atoms with van der Waals surface area (Å²) < 4.78 is 16.3. The Morgan fingerprint density at radius 1 is 0.931 bits per heavy atom. The third-order valence-electron chi connectivity index (χ3n) is 4.89. The van der Waals surface area contributed by atoms with Crippen molar-refractivity contribution in [2.45, 2.75) is 6.54 Å². The van der Waals surface area contributed by atoms with Gasteiger partial charge in [0.15, 0.2) is 18.1 Å². The number of nitrogens with zero attached hydrogens (tertiary/aromatic N) is 2. The number of hydrogen-bond donors (Lipinski definition) is 0. The molecular weight excluding hydrogens is 439 g/mol. The lowest BCUT2D eigenvalue weighted by atomic mass is 10.1. The van der Waals surface area contributed by atoms with Gasteiger partial charge in [-0.2, -0.15) is 0 Å². The number of fused-ring (bicyclic) bond motifs is 1. The van der Waals surface area contributed by atoms with Gasteiger partial charge < -0.3 is 19.1 Å². The largest absolute Gasteiger partial charge is 0.482 e. The van der Waals surface area contributed by atoms with Crippen LogP contribution in [-0.4, -0.2) is 55.3 Å². The Morgan fingerprint density at radius 2 is 1.66 bits per heavy atom. The molecule has 6 nitrogen and oxygen atoms in total. The summed E-state index contributed by atoms with van der Waals surface area (Å²) in [4.78, 5) is 16.6. The average Bonchev–Trinajstić information content (AvgIpc) is 3.18. The molecular formula is C20H19Cl3N2O4. The van der Waals surface area contributed by atoms with Gasteiger partial charge in [0.2, 0.25) is 6.79 Å². The maximum Gasteiger partial charge on any atom is 0.260 e. The highest BCUT2D eigenvalue weighted by Gasteiger charge is 2.22. The lowest BCUT2D eigenvalue weighted by Crippen LogP contribution is -2.49. The van der Waals surface area contributed by atoms with Crippen LogP contribution in [0.15, 0.2) is 30.3 Å². The predicted octanol–water partition coefficient (Wildman–Crippen LogP) is 4.10. The van der Waals surface area contributed by atoms with Crippen molar-refractivity contribution in [1.29, 1.82) is 0 Å². The van der Waals surface area contributed by atoms with Crippen molar-refractivity contribution in [3.63, 3.8) is 0 Å². The van der Waals surface area contributed by atoms with Gasteiger partial charge in [0.1, 0.15) is 5.75 Å². The van der Waals surface area contributed by atoms with Gasteiger partial charge in [-0.05, 0) is 23.8 Å². The molecule has 2 aliphatic rings. The first-order chi connectivity index (χ1) is 14.0. The molecule has 1 fully saturated rings. The molecule has 2 aromatic carbocycles. The summed E-state index contributed by atoms with van der Waals surface area (Å²) >= 11 is 18.0. The van der Waals surface area contributed by atoms with Gasteiger partial charge in [-0.15, -0.1) is 0 Å². The molecule has 154 valence electrons. The van der Waals surface area contributed by atoms with Crippen molar-refractivity contribution in [1.82, 2.24) is 9.80 Å². The van der Waals surface area contributed by atoms with E-state index in [4.69, 9.17) is 49.0 Å². The van der Waals surface area contributed by atoms with Crippen LogP contribution in [0.3, 0.4) is 0 Å². The van der Waals surface area contributed by atoms with Crippen LogP contribution in [0.2, 0.25) is 15.1 Å². The molecule has 9 heteroatoms. The van der Waals surface area contributed by atoms with E-state index in [0.29, 0.717) is 33.9 Å². The molecule has 1 saturated heterocycles. The number of carbonyl (C=O) groups is 1. The number of carbonyl (C=O) groups excluding carboxylic acids is 1. The highest BCUT2D eigenvalue weighted by atomic mass is 35.5. The zero-order valence-corrected chi connectivity index (χ0v) is 17.8. The molecule has 0 aliphatic carbocycles. The summed E-state index contributed by atoms with van der Waals surface area (Å²) in [5, 5.41) is 0.991. The third kappa shape index (κ3) is 4.83. The first-order valence-corrected chi connectivity index (χ1v) is 10.3. The molecule has 0 bridgehead atoms. The fourth-order valence-electron chi connectivity index (χ4n) is 3.30. The number of piperazine rings is 1. The van der Waals surface area contributed by atoms with Gasteiger partial charge in [0.25, 0.3) is 5.91 Å². The number of hydrogen-bond acceptors (Lipinski definition) is 5. The Bertz CT molecular complexity index is 917. The summed E-state index contributed by atoms with van der Waals surface area (Å²) in [6.45, 7) is 3.83. The zero-order chi connectivity index (χ0) is 20.4. The van der Waals surface area contributed by atoms with Crippen LogP contribution in [-0.2, 0) is 11.3 Å². The van der Waals surface area contributed by atoms with Crippen molar-refractivity contribution in [3.05, 3.63) is 51.0 Å². The van der Waals surface area contributed by atoms with E-state index in [0.717, 1.165) is 36.7 Å². The van der Waals surface area contributed by atoms with Crippen molar-refractivity contribution in [2.24, 2.45) is 0 Å². The van der Waals surface area contributed by atoms with Gasteiger partial charge in [0.05, 0.1) is 15.1 Å². The quantitative estimate of drug-likeness (QED) is 0.633. The van der Waals surface area contributed by atoms with E-state index in [1.54, 1.807) is 4.90 Å². The molecule has 2 aromatic rings. The molecule has 0 atom stereocenters. The summed E-state index contributed by atoms with van der Waals surface area (Å²) in [6, 6.07) is 9.00. The Labute approximate surface area is 183 Å². The van der Waals surface area contributed by atoms with Gasteiger partial charge in [-0.1, -0.05) is 40.9 Å². The van der Waals surface area contributed by atoms with E-state index in [-0.39, 0.29) is 19.3 Å². The Morgan fingerprint density at radius 3 is 2.45 bits per heavy atom. The van der Waals surface area contributed by atoms with Crippen molar-refractivity contribution in [2.75, 3.05) is 39.6 Å². The van der Waals surface area contributed by atoms with E-state index >= 15 is 0 Å². The maximum absolute atomic E-state index is 12.5. The summed E-state index contributed by atoms with van der Waals surface area (Å²) in [5.74, 6) is 1.83. The molecule has 0 unspecified atom stereocenters. The number of halogens is 3. The predicted molar refractivity (Wildman–Crippen MR) is 111 cm³/mol. The number of benzene rings is 2. The SMILES string of the molecule is O=C(COc1cc(Cl)c(Cl)cc1Cl)N1CCN(Cc2ccc3c(c2)OCO3)CC1. The molecule has 1 amide bonds. The molecule has 2 heterocycles. The lowest BCUT2D eigenvalue weighted by Gasteiger charge is -2.34. The van der Waals surface area contributed by atoms with Crippen LogP contribution in [0.25, 0.3) is 0 Å².